The molecule has 3 atom stereocenters. The third-order valence-corrected chi connectivity index (χ3v) is 6.47. The van der Waals surface area contributed by atoms with Crippen molar-refractivity contribution in [1.29, 1.82) is 0 Å². The van der Waals surface area contributed by atoms with Crippen molar-refractivity contribution in [3.63, 3.8) is 0 Å². The highest BCUT2D eigenvalue weighted by atomic mass is 19.2. The van der Waals surface area contributed by atoms with Crippen molar-refractivity contribution in [2.75, 3.05) is 40.3 Å². The second-order valence-corrected chi connectivity index (χ2v) is 8.20. The van der Waals surface area contributed by atoms with E-state index in [1.54, 1.807) is 12.1 Å². The summed E-state index contributed by atoms with van der Waals surface area (Å²) in [5.74, 6) is -1.08. The second kappa shape index (κ2) is 6.89. The van der Waals surface area contributed by atoms with Crippen LogP contribution in [0, 0.1) is 17.6 Å². The summed E-state index contributed by atoms with van der Waals surface area (Å²) in [4.78, 5) is 19.3. The highest BCUT2D eigenvalue weighted by Crippen LogP contribution is 2.47. The fraction of sp³-hybridized carbons (Fsp3) is 0.650. The molecule has 0 spiro atoms. The molecule has 4 heterocycles. The smallest absolute Gasteiger partial charge is 0.224 e. The van der Waals surface area contributed by atoms with Crippen molar-refractivity contribution < 1.29 is 13.6 Å². The number of carbonyl (C=O) groups is 1. The number of amides is 1. The molecule has 0 unspecified atom stereocenters. The number of benzene rings is 1. The van der Waals surface area contributed by atoms with E-state index in [-0.39, 0.29) is 23.9 Å². The van der Waals surface area contributed by atoms with Crippen molar-refractivity contribution in [3.05, 3.63) is 35.4 Å². The maximum absolute atomic E-state index is 14.5. The SMILES string of the molecule is CN(C)CCC(=O)N1C[C@H](c2cccc(F)c2F)[C@@H]2[C@H]1C1CCN2CC1. The minimum atomic E-state index is -0.799. The maximum Gasteiger partial charge on any atom is 0.224 e. The Morgan fingerprint density at radius 3 is 2.62 bits per heavy atom. The molecule has 4 saturated heterocycles. The zero-order chi connectivity index (χ0) is 18.4. The molecular weight excluding hydrogens is 336 g/mol. The predicted molar refractivity (Wildman–Crippen MR) is 95.9 cm³/mol. The van der Waals surface area contributed by atoms with Crippen molar-refractivity contribution >= 4 is 5.91 Å². The van der Waals surface area contributed by atoms with E-state index in [0.29, 0.717) is 31.0 Å². The van der Waals surface area contributed by atoms with Gasteiger partial charge in [0.25, 0.3) is 0 Å². The van der Waals surface area contributed by atoms with Crippen molar-refractivity contribution in [1.82, 2.24) is 14.7 Å². The molecule has 2 bridgehead atoms. The maximum atomic E-state index is 14.5. The zero-order valence-corrected chi connectivity index (χ0v) is 15.5. The molecule has 4 fully saturated rings. The molecule has 5 rings (SSSR count). The molecule has 4 aliphatic rings. The normalized spacial score (nSPS) is 33.0. The van der Waals surface area contributed by atoms with Gasteiger partial charge in [-0.2, -0.15) is 0 Å². The first-order chi connectivity index (χ1) is 12.5. The van der Waals surface area contributed by atoms with E-state index >= 15 is 0 Å². The second-order valence-electron chi connectivity index (χ2n) is 8.20. The van der Waals surface area contributed by atoms with Crippen molar-refractivity contribution in [2.24, 2.45) is 5.92 Å². The van der Waals surface area contributed by atoms with Crippen LogP contribution in [0.25, 0.3) is 0 Å². The molecule has 0 aromatic heterocycles. The first-order valence-electron chi connectivity index (χ1n) is 9.59. The van der Waals surface area contributed by atoms with Gasteiger partial charge in [-0.15, -0.1) is 0 Å². The molecule has 4 nitrogen and oxygen atoms in total. The van der Waals surface area contributed by atoms with Crippen molar-refractivity contribution in [2.45, 2.75) is 37.3 Å². The highest BCUT2D eigenvalue weighted by molar-refractivity contribution is 5.77. The fourth-order valence-electron chi connectivity index (χ4n) is 5.25. The first kappa shape index (κ1) is 17.9. The van der Waals surface area contributed by atoms with Gasteiger partial charge in [0.15, 0.2) is 11.6 Å². The minimum absolute atomic E-state index is 0.113. The number of hydrogen-bond donors (Lipinski definition) is 0. The number of likely N-dealkylation sites (tertiary alicyclic amines) is 1. The van der Waals surface area contributed by atoms with Crippen LogP contribution >= 0.6 is 0 Å². The molecule has 4 aliphatic heterocycles. The first-order valence-corrected chi connectivity index (χ1v) is 9.59. The number of nitrogens with zero attached hydrogens (tertiary/aromatic N) is 3. The standard InChI is InChI=1S/C20H27F2N3O/c1-23(2)9-8-17(26)25-12-15(14-4-3-5-16(21)18(14)22)20-19(25)13-6-10-24(20)11-7-13/h3-5,13,15,19-20H,6-12H2,1-2H3/t15-,19-,20-/m1/s1. The minimum Gasteiger partial charge on any atom is -0.337 e. The molecule has 142 valence electrons. The number of hydrogen-bond acceptors (Lipinski definition) is 3. The number of carbonyl (C=O) groups excluding carboxylic acids is 1. The Morgan fingerprint density at radius 2 is 1.92 bits per heavy atom. The summed E-state index contributed by atoms with van der Waals surface area (Å²) in [5.41, 5.74) is 0.426. The van der Waals surface area contributed by atoms with Gasteiger partial charge in [-0.3, -0.25) is 9.69 Å². The lowest BCUT2D eigenvalue weighted by Gasteiger charge is -2.51. The van der Waals surface area contributed by atoms with Crippen LogP contribution in [0.15, 0.2) is 18.2 Å². The third-order valence-electron chi connectivity index (χ3n) is 6.47. The summed E-state index contributed by atoms with van der Waals surface area (Å²) in [7, 11) is 3.92. The van der Waals surface area contributed by atoms with Gasteiger partial charge in [-0.05, 0) is 57.6 Å². The third kappa shape index (κ3) is 2.93. The van der Waals surface area contributed by atoms with E-state index in [2.05, 4.69) is 4.90 Å². The average molecular weight is 363 g/mol. The van der Waals surface area contributed by atoms with E-state index in [0.717, 1.165) is 25.9 Å². The number of halogens is 2. The lowest BCUT2D eigenvalue weighted by Crippen LogP contribution is -2.60. The van der Waals surface area contributed by atoms with E-state index < -0.39 is 11.6 Å². The Morgan fingerprint density at radius 1 is 1.19 bits per heavy atom. The molecule has 26 heavy (non-hydrogen) atoms. The molecular formula is C20H27F2N3O. The molecule has 0 aliphatic carbocycles. The molecule has 0 radical (unpaired) electrons. The topological polar surface area (TPSA) is 26.8 Å². The summed E-state index contributed by atoms with van der Waals surface area (Å²) in [6.07, 6.45) is 2.66. The zero-order valence-electron chi connectivity index (χ0n) is 15.5. The number of piperidine rings is 3. The van der Waals surface area contributed by atoms with Gasteiger partial charge in [0.1, 0.15) is 0 Å². The van der Waals surface area contributed by atoms with Crippen LogP contribution in [-0.4, -0.2) is 73.0 Å². The largest absolute Gasteiger partial charge is 0.337 e. The molecule has 1 amide bonds. The van der Waals surface area contributed by atoms with Crippen LogP contribution in [0.1, 0.15) is 30.7 Å². The Bertz CT molecular complexity index is 688. The molecule has 0 saturated carbocycles. The molecule has 6 heteroatoms. The van der Waals surface area contributed by atoms with Gasteiger partial charge >= 0.3 is 0 Å². The molecule has 0 N–H and O–H groups in total. The predicted octanol–water partition coefficient (Wildman–Crippen LogP) is 2.31. The van der Waals surface area contributed by atoms with Crippen LogP contribution < -0.4 is 0 Å². The Hall–Kier alpha value is -1.53. The van der Waals surface area contributed by atoms with Gasteiger partial charge in [0.05, 0.1) is 6.04 Å². The monoisotopic (exact) mass is 363 g/mol. The van der Waals surface area contributed by atoms with Gasteiger partial charge in [0.2, 0.25) is 5.91 Å². The Labute approximate surface area is 153 Å². The van der Waals surface area contributed by atoms with E-state index in [4.69, 9.17) is 0 Å². The molecule has 1 aromatic rings. The van der Waals surface area contributed by atoms with Gasteiger partial charge < -0.3 is 9.80 Å². The van der Waals surface area contributed by atoms with Crippen LogP contribution in [0.2, 0.25) is 0 Å². The number of rotatable bonds is 4. The van der Waals surface area contributed by atoms with Crippen LogP contribution in [0.3, 0.4) is 0 Å². The lowest BCUT2D eigenvalue weighted by atomic mass is 9.75. The molecule has 1 aromatic carbocycles. The number of fused-ring (bicyclic) bond motifs is 2. The van der Waals surface area contributed by atoms with Gasteiger partial charge in [-0.1, -0.05) is 12.1 Å². The quantitative estimate of drug-likeness (QED) is 0.821. The van der Waals surface area contributed by atoms with Gasteiger partial charge in [-0.25, -0.2) is 8.78 Å². The summed E-state index contributed by atoms with van der Waals surface area (Å²) >= 11 is 0. The Kier molecular flexibility index (Phi) is 4.73. The highest BCUT2D eigenvalue weighted by Gasteiger charge is 2.54. The van der Waals surface area contributed by atoms with E-state index in [1.807, 2.05) is 23.9 Å². The summed E-state index contributed by atoms with van der Waals surface area (Å²) < 4.78 is 28.4. The van der Waals surface area contributed by atoms with Crippen LogP contribution in [0.4, 0.5) is 8.78 Å². The average Bonchev–Trinajstić information content (AvgIpc) is 3.05. The van der Waals surface area contributed by atoms with Gasteiger partial charge in [0, 0.05) is 31.5 Å². The summed E-state index contributed by atoms with van der Waals surface area (Å²) in [6.45, 7) is 3.20. The summed E-state index contributed by atoms with van der Waals surface area (Å²) in [6, 6.07) is 4.69. The summed E-state index contributed by atoms with van der Waals surface area (Å²) in [5, 5.41) is 0. The van der Waals surface area contributed by atoms with E-state index in [9.17, 15) is 13.6 Å². The van der Waals surface area contributed by atoms with Crippen LogP contribution in [-0.2, 0) is 4.79 Å². The van der Waals surface area contributed by atoms with Crippen molar-refractivity contribution in [3.8, 4) is 0 Å². The van der Waals surface area contributed by atoms with Crippen LogP contribution in [0.5, 0.6) is 0 Å². The fourth-order valence-corrected chi connectivity index (χ4v) is 5.25. The lowest BCUT2D eigenvalue weighted by molar-refractivity contribution is -0.136. The van der Waals surface area contributed by atoms with E-state index in [1.165, 1.54) is 6.07 Å². The Balaban J connectivity index is 1.66.